The molecule has 1 atom stereocenters. The summed E-state index contributed by atoms with van der Waals surface area (Å²) in [4.78, 5) is 2.52. The number of rotatable bonds is 4. The van der Waals surface area contributed by atoms with Crippen LogP contribution in [-0.4, -0.2) is 28.7 Å². The zero-order valence-electron chi connectivity index (χ0n) is 11.6. The molecular weight excluding hydrogens is 222 g/mol. The standard InChI is InChI=1S/C16H25NO/c1-16(2,18)11-15-9-6-10-17(13-15)12-14-7-4-3-5-8-14/h3-5,7-8,15,18H,6,9-13H2,1-2H3. The highest BCUT2D eigenvalue weighted by molar-refractivity contribution is 5.14. The van der Waals surface area contributed by atoms with E-state index in [4.69, 9.17) is 0 Å². The molecule has 1 aromatic rings. The predicted octanol–water partition coefficient (Wildman–Crippen LogP) is 3.06. The summed E-state index contributed by atoms with van der Waals surface area (Å²) in [5.74, 6) is 0.641. The van der Waals surface area contributed by atoms with Crippen molar-refractivity contribution in [1.29, 1.82) is 0 Å². The van der Waals surface area contributed by atoms with Gasteiger partial charge in [-0.15, -0.1) is 0 Å². The molecule has 2 nitrogen and oxygen atoms in total. The molecule has 100 valence electrons. The highest BCUT2D eigenvalue weighted by atomic mass is 16.3. The van der Waals surface area contributed by atoms with Crippen LogP contribution < -0.4 is 0 Å². The van der Waals surface area contributed by atoms with Crippen LogP contribution in [0.25, 0.3) is 0 Å². The van der Waals surface area contributed by atoms with Gasteiger partial charge < -0.3 is 5.11 Å². The Bertz CT molecular complexity index is 355. The molecule has 18 heavy (non-hydrogen) atoms. The summed E-state index contributed by atoms with van der Waals surface area (Å²) >= 11 is 0. The maximum absolute atomic E-state index is 9.93. The lowest BCUT2D eigenvalue weighted by atomic mass is 9.87. The average molecular weight is 247 g/mol. The molecular formula is C16H25NO. The topological polar surface area (TPSA) is 23.5 Å². The average Bonchev–Trinajstić information content (AvgIpc) is 2.28. The van der Waals surface area contributed by atoms with Crippen LogP contribution in [0.1, 0.15) is 38.7 Å². The number of benzene rings is 1. The lowest BCUT2D eigenvalue weighted by Crippen LogP contribution is -2.37. The zero-order chi connectivity index (χ0) is 13.0. The van der Waals surface area contributed by atoms with Crippen molar-refractivity contribution in [3.63, 3.8) is 0 Å². The van der Waals surface area contributed by atoms with Crippen molar-refractivity contribution in [2.24, 2.45) is 5.92 Å². The minimum Gasteiger partial charge on any atom is -0.390 e. The third-order valence-electron chi connectivity index (χ3n) is 3.64. The van der Waals surface area contributed by atoms with Crippen LogP contribution >= 0.6 is 0 Å². The van der Waals surface area contributed by atoms with Crippen LogP contribution in [0, 0.1) is 5.92 Å². The van der Waals surface area contributed by atoms with E-state index < -0.39 is 5.60 Å². The number of likely N-dealkylation sites (tertiary alicyclic amines) is 1. The second-order valence-corrected chi connectivity index (χ2v) is 6.25. The van der Waals surface area contributed by atoms with Crippen molar-refractivity contribution >= 4 is 0 Å². The fraction of sp³-hybridized carbons (Fsp3) is 0.625. The molecule has 1 fully saturated rings. The Morgan fingerprint density at radius 2 is 2.00 bits per heavy atom. The molecule has 1 aliphatic rings. The fourth-order valence-corrected chi connectivity index (χ4v) is 3.01. The summed E-state index contributed by atoms with van der Waals surface area (Å²) in [6, 6.07) is 10.7. The Balaban J connectivity index is 1.87. The van der Waals surface area contributed by atoms with E-state index >= 15 is 0 Å². The normalized spacial score (nSPS) is 22.1. The van der Waals surface area contributed by atoms with Crippen molar-refractivity contribution in [2.75, 3.05) is 13.1 Å². The number of hydrogen-bond donors (Lipinski definition) is 1. The minimum atomic E-state index is -0.527. The van der Waals surface area contributed by atoms with E-state index in [-0.39, 0.29) is 0 Å². The fourth-order valence-electron chi connectivity index (χ4n) is 3.01. The van der Waals surface area contributed by atoms with Crippen LogP contribution in [0.4, 0.5) is 0 Å². The number of piperidine rings is 1. The summed E-state index contributed by atoms with van der Waals surface area (Å²) in [6.07, 6.45) is 3.43. The Hall–Kier alpha value is -0.860. The van der Waals surface area contributed by atoms with E-state index in [1.54, 1.807) is 0 Å². The molecule has 0 bridgehead atoms. The zero-order valence-corrected chi connectivity index (χ0v) is 11.6. The van der Waals surface area contributed by atoms with Gasteiger partial charge in [-0.3, -0.25) is 4.90 Å². The number of hydrogen-bond acceptors (Lipinski definition) is 2. The van der Waals surface area contributed by atoms with Crippen molar-refractivity contribution in [3.8, 4) is 0 Å². The number of nitrogens with zero attached hydrogens (tertiary/aromatic N) is 1. The lowest BCUT2D eigenvalue weighted by molar-refractivity contribution is 0.0330. The molecule has 1 heterocycles. The van der Waals surface area contributed by atoms with Gasteiger partial charge in [0.1, 0.15) is 0 Å². The predicted molar refractivity (Wildman–Crippen MR) is 75.4 cm³/mol. The molecule has 2 heteroatoms. The van der Waals surface area contributed by atoms with Crippen molar-refractivity contribution in [1.82, 2.24) is 4.90 Å². The van der Waals surface area contributed by atoms with Gasteiger partial charge in [-0.1, -0.05) is 30.3 Å². The molecule has 0 amide bonds. The van der Waals surface area contributed by atoms with E-state index in [2.05, 4.69) is 35.2 Å². The van der Waals surface area contributed by atoms with Crippen molar-refractivity contribution in [3.05, 3.63) is 35.9 Å². The Kier molecular flexibility index (Phi) is 4.41. The van der Waals surface area contributed by atoms with E-state index in [1.165, 1.54) is 24.9 Å². The molecule has 1 N–H and O–H groups in total. The van der Waals surface area contributed by atoms with E-state index in [1.807, 2.05) is 13.8 Å². The Morgan fingerprint density at radius 1 is 1.28 bits per heavy atom. The van der Waals surface area contributed by atoms with E-state index in [9.17, 15) is 5.11 Å². The second-order valence-electron chi connectivity index (χ2n) is 6.25. The maximum atomic E-state index is 9.93. The van der Waals surface area contributed by atoms with Gasteiger partial charge in [0.2, 0.25) is 0 Å². The maximum Gasteiger partial charge on any atom is 0.0594 e. The third-order valence-corrected chi connectivity index (χ3v) is 3.64. The summed E-state index contributed by atoms with van der Waals surface area (Å²) in [7, 11) is 0. The largest absolute Gasteiger partial charge is 0.390 e. The lowest BCUT2D eigenvalue weighted by Gasteiger charge is -2.35. The van der Waals surface area contributed by atoms with E-state index in [0.717, 1.165) is 19.5 Å². The van der Waals surface area contributed by atoms with E-state index in [0.29, 0.717) is 5.92 Å². The monoisotopic (exact) mass is 247 g/mol. The molecule has 0 aromatic heterocycles. The van der Waals surface area contributed by atoms with Gasteiger partial charge in [0.25, 0.3) is 0 Å². The number of aliphatic hydroxyl groups is 1. The SMILES string of the molecule is CC(C)(O)CC1CCCN(Cc2ccccc2)C1. The molecule has 1 unspecified atom stereocenters. The first-order valence-electron chi connectivity index (χ1n) is 7.01. The van der Waals surface area contributed by atoms with Gasteiger partial charge in [-0.25, -0.2) is 0 Å². The molecule has 1 aromatic carbocycles. The van der Waals surface area contributed by atoms with Crippen LogP contribution in [0.5, 0.6) is 0 Å². The highest BCUT2D eigenvalue weighted by Crippen LogP contribution is 2.26. The first-order chi connectivity index (χ1) is 8.53. The summed E-state index contributed by atoms with van der Waals surface area (Å²) in [6.45, 7) is 7.20. The molecule has 0 aliphatic carbocycles. The molecule has 0 saturated carbocycles. The van der Waals surface area contributed by atoms with Gasteiger partial charge in [0.05, 0.1) is 5.60 Å². The van der Waals surface area contributed by atoms with Gasteiger partial charge in [-0.05, 0) is 51.1 Å². The first-order valence-corrected chi connectivity index (χ1v) is 7.01. The van der Waals surface area contributed by atoms with Gasteiger partial charge >= 0.3 is 0 Å². The summed E-state index contributed by atoms with van der Waals surface area (Å²) < 4.78 is 0. The molecule has 0 radical (unpaired) electrons. The van der Waals surface area contributed by atoms with Gasteiger partial charge in [0.15, 0.2) is 0 Å². The van der Waals surface area contributed by atoms with Crippen LogP contribution in [0.15, 0.2) is 30.3 Å². The molecule has 2 rings (SSSR count). The van der Waals surface area contributed by atoms with Crippen LogP contribution in [0.2, 0.25) is 0 Å². The molecule has 0 spiro atoms. The first kappa shape index (κ1) is 13.6. The summed E-state index contributed by atoms with van der Waals surface area (Å²) in [5.41, 5.74) is 0.863. The van der Waals surface area contributed by atoms with Gasteiger partial charge in [-0.2, -0.15) is 0 Å². The minimum absolute atomic E-state index is 0.527. The second kappa shape index (κ2) is 5.85. The van der Waals surface area contributed by atoms with Crippen molar-refractivity contribution in [2.45, 2.75) is 45.3 Å². The quantitative estimate of drug-likeness (QED) is 0.884. The summed E-state index contributed by atoms with van der Waals surface area (Å²) in [5, 5.41) is 9.93. The Labute approximate surface area is 111 Å². The smallest absolute Gasteiger partial charge is 0.0594 e. The third kappa shape index (κ3) is 4.43. The molecule has 1 saturated heterocycles. The molecule has 1 aliphatic heterocycles. The van der Waals surface area contributed by atoms with Crippen LogP contribution in [-0.2, 0) is 6.54 Å². The van der Waals surface area contributed by atoms with Crippen LogP contribution in [0.3, 0.4) is 0 Å². The van der Waals surface area contributed by atoms with Crippen molar-refractivity contribution < 1.29 is 5.11 Å². The van der Waals surface area contributed by atoms with Gasteiger partial charge in [0, 0.05) is 13.1 Å². The highest BCUT2D eigenvalue weighted by Gasteiger charge is 2.25. The Morgan fingerprint density at radius 3 is 2.67 bits per heavy atom.